The average molecular weight is 225 g/mol. The summed E-state index contributed by atoms with van der Waals surface area (Å²) < 4.78 is 1.96. The Kier molecular flexibility index (Phi) is 4.82. The number of nitrogens with zero attached hydrogens (tertiary/aromatic N) is 2. The summed E-state index contributed by atoms with van der Waals surface area (Å²) in [7, 11) is 0. The molecule has 2 N–H and O–H groups in total. The predicted molar refractivity (Wildman–Crippen MR) is 62.5 cm³/mol. The van der Waals surface area contributed by atoms with Gasteiger partial charge in [0.2, 0.25) is 5.95 Å². The molecule has 5 heteroatoms. The van der Waals surface area contributed by atoms with Crippen LogP contribution in [0, 0.1) is 0 Å². The maximum Gasteiger partial charge on any atom is 0.305 e. The third-order valence-electron chi connectivity index (χ3n) is 2.45. The van der Waals surface area contributed by atoms with Crippen molar-refractivity contribution in [3.05, 3.63) is 12.4 Å². The SMILES string of the molecule is CCCC(CC(=O)O)Nc1nccn1CC. The number of aliphatic carboxylic acids is 1. The molecule has 1 rings (SSSR count). The zero-order valence-electron chi connectivity index (χ0n) is 9.81. The molecule has 1 heterocycles. The molecule has 0 aromatic carbocycles. The Morgan fingerprint density at radius 2 is 2.38 bits per heavy atom. The Hall–Kier alpha value is -1.52. The van der Waals surface area contributed by atoms with E-state index in [4.69, 9.17) is 5.11 Å². The summed E-state index contributed by atoms with van der Waals surface area (Å²) >= 11 is 0. The summed E-state index contributed by atoms with van der Waals surface area (Å²) in [6.07, 6.45) is 5.52. The molecule has 0 radical (unpaired) electrons. The molecule has 0 fully saturated rings. The first-order chi connectivity index (χ1) is 7.67. The number of carboxylic acids is 1. The standard InChI is InChI=1S/C11H19N3O2/c1-3-5-9(8-10(15)16)13-11-12-6-7-14(11)4-2/h6-7,9H,3-5,8H2,1-2H3,(H,12,13)(H,15,16). The number of aryl methyl sites for hydroxylation is 1. The normalized spacial score (nSPS) is 12.4. The summed E-state index contributed by atoms with van der Waals surface area (Å²) in [4.78, 5) is 14.9. The molecule has 16 heavy (non-hydrogen) atoms. The van der Waals surface area contributed by atoms with E-state index in [9.17, 15) is 4.79 Å². The van der Waals surface area contributed by atoms with Crippen LogP contribution in [0.5, 0.6) is 0 Å². The van der Waals surface area contributed by atoms with Crippen molar-refractivity contribution in [1.29, 1.82) is 0 Å². The maximum atomic E-state index is 10.7. The largest absolute Gasteiger partial charge is 0.481 e. The molecule has 1 aromatic heterocycles. The van der Waals surface area contributed by atoms with Gasteiger partial charge < -0.3 is 15.0 Å². The van der Waals surface area contributed by atoms with Crippen molar-refractivity contribution >= 4 is 11.9 Å². The van der Waals surface area contributed by atoms with Gasteiger partial charge in [-0.05, 0) is 13.3 Å². The van der Waals surface area contributed by atoms with Crippen LogP contribution in [-0.2, 0) is 11.3 Å². The van der Waals surface area contributed by atoms with Crippen LogP contribution in [-0.4, -0.2) is 26.7 Å². The number of hydrogen-bond acceptors (Lipinski definition) is 3. The van der Waals surface area contributed by atoms with Crippen LogP contribution in [0.1, 0.15) is 33.1 Å². The van der Waals surface area contributed by atoms with Gasteiger partial charge >= 0.3 is 5.97 Å². The van der Waals surface area contributed by atoms with Crippen LogP contribution in [0.25, 0.3) is 0 Å². The molecule has 0 aliphatic rings. The molecule has 0 spiro atoms. The zero-order chi connectivity index (χ0) is 12.0. The summed E-state index contributed by atoms with van der Waals surface area (Å²) in [6.45, 7) is 4.90. The van der Waals surface area contributed by atoms with Gasteiger partial charge in [-0.15, -0.1) is 0 Å². The van der Waals surface area contributed by atoms with Crippen LogP contribution >= 0.6 is 0 Å². The zero-order valence-corrected chi connectivity index (χ0v) is 9.81. The molecular weight excluding hydrogens is 206 g/mol. The number of carbonyl (C=O) groups is 1. The summed E-state index contributed by atoms with van der Waals surface area (Å²) in [5, 5.41) is 12.0. The van der Waals surface area contributed by atoms with E-state index in [-0.39, 0.29) is 12.5 Å². The number of anilines is 1. The third-order valence-corrected chi connectivity index (χ3v) is 2.45. The number of nitrogens with one attached hydrogen (secondary N) is 1. The molecule has 0 amide bonds. The topological polar surface area (TPSA) is 67.2 Å². The van der Waals surface area contributed by atoms with Crippen molar-refractivity contribution in [1.82, 2.24) is 9.55 Å². The van der Waals surface area contributed by atoms with Crippen molar-refractivity contribution in [3.8, 4) is 0 Å². The van der Waals surface area contributed by atoms with E-state index in [0.29, 0.717) is 0 Å². The fourth-order valence-electron chi connectivity index (χ4n) is 1.67. The van der Waals surface area contributed by atoms with Crippen LogP contribution in [0.3, 0.4) is 0 Å². The molecule has 0 bridgehead atoms. The second kappa shape index (κ2) is 6.15. The molecule has 0 saturated heterocycles. The highest BCUT2D eigenvalue weighted by atomic mass is 16.4. The second-order valence-electron chi connectivity index (χ2n) is 3.76. The molecule has 0 aliphatic heterocycles. The predicted octanol–water partition coefficient (Wildman–Crippen LogP) is 1.96. The van der Waals surface area contributed by atoms with Crippen molar-refractivity contribution < 1.29 is 9.90 Å². The molecule has 1 atom stereocenters. The third kappa shape index (κ3) is 3.56. The number of rotatable bonds is 7. The van der Waals surface area contributed by atoms with E-state index in [2.05, 4.69) is 10.3 Å². The first kappa shape index (κ1) is 12.5. The van der Waals surface area contributed by atoms with E-state index < -0.39 is 5.97 Å². The number of hydrogen-bond donors (Lipinski definition) is 2. The fraction of sp³-hybridized carbons (Fsp3) is 0.636. The fourth-order valence-corrected chi connectivity index (χ4v) is 1.67. The summed E-state index contributed by atoms with van der Waals surface area (Å²) in [6, 6.07) is -0.0461. The average Bonchev–Trinajstić information content (AvgIpc) is 2.64. The quantitative estimate of drug-likeness (QED) is 0.744. The van der Waals surface area contributed by atoms with E-state index in [0.717, 1.165) is 25.3 Å². The van der Waals surface area contributed by atoms with Gasteiger partial charge in [0.15, 0.2) is 0 Å². The highest BCUT2D eigenvalue weighted by Gasteiger charge is 2.14. The van der Waals surface area contributed by atoms with Crippen LogP contribution in [0.15, 0.2) is 12.4 Å². The van der Waals surface area contributed by atoms with Crippen LogP contribution in [0.4, 0.5) is 5.95 Å². The molecule has 1 aromatic rings. The number of aromatic nitrogens is 2. The molecular formula is C11H19N3O2. The minimum atomic E-state index is -0.777. The van der Waals surface area contributed by atoms with E-state index in [1.165, 1.54) is 0 Å². The van der Waals surface area contributed by atoms with Gasteiger partial charge in [-0.1, -0.05) is 13.3 Å². The second-order valence-corrected chi connectivity index (χ2v) is 3.76. The van der Waals surface area contributed by atoms with Gasteiger partial charge in [0.05, 0.1) is 6.42 Å². The lowest BCUT2D eigenvalue weighted by atomic mass is 10.1. The van der Waals surface area contributed by atoms with Crippen molar-refractivity contribution in [2.45, 2.75) is 45.7 Å². The maximum absolute atomic E-state index is 10.7. The Morgan fingerprint density at radius 1 is 1.62 bits per heavy atom. The Labute approximate surface area is 95.5 Å². The smallest absolute Gasteiger partial charge is 0.305 e. The molecule has 0 aliphatic carbocycles. The molecule has 1 unspecified atom stereocenters. The number of imidazole rings is 1. The van der Waals surface area contributed by atoms with Crippen molar-refractivity contribution in [2.75, 3.05) is 5.32 Å². The van der Waals surface area contributed by atoms with E-state index in [1.807, 2.05) is 24.6 Å². The van der Waals surface area contributed by atoms with Crippen molar-refractivity contribution in [3.63, 3.8) is 0 Å². The van der Waals surface area contributed by atoms with Gasteiger partial charge in [-0.25, -0.2) is 4.98 Å². The van der Waals surface area contributed by atoms with Gasteiger partial charge in [-0.3, -0.25) is 4.79 Å². The lowest BCUT2D eigenvalue weighted by Gasteiger charge is -2.17. The highest BCUT2D eigenvalue weighted by Crippen LogP contribution is 2.11. The van der Waals surface area contributed by atoms with E-state index in [1.54, 1.807) is 6.20 Å². The van der Waals surface area contributed by atoms with Crippen molar-refractivity contribution in [2.24, 2.45) is 0 Å². The minimum Gasteiger partial charge on any atom is -0.481 e. The van der Waals surface area contributed by atoms with Gasteiger partial charge in [0, 0.05) is 25.0 Å². The lowest BCUT2D eigenvalue weighted by Crippen LogP contribution is -2.24. The lowest BCUT2D eigenvalue weighted by molar-refractivity contribution is -0.137. The van der Waals surface area contributed by atoms with E-state index >= 15 is 0 Å². The van der Waals surface area contributed by atoms with Gasteiger partial charge in [-0.2, -0.15) is 0 Å². The number of carboxylic acid groups (broad SMARTS) is 1. The highest BCUT2D eigenvalue weighted by molar-refractivity contribution is 5.68. The first-order valence-electron chi connectivity index (χ1n) is 5.66. The van der Waals surface area contributed by atoms with Crippen LogP contribution in [0.2, 0.25) is 0 Å². The monoisotopic (exact) mass is 225 g/mol. The minimum absolute atomic E-state index is 0.0461. The molecule has 90 valence electrons. The van der Waals surface area contributed by atoms with Gasteiger partial charge in [0.1, 0.15) is 0 Å². The molecule has 0 saturated carbocycles. The Bertz CT molecular complexity index is 336. The Morgan fingerprint density at radius 3 is 2.94 bits per heavy atom. The summed E-state index contributed by atoms with van der Waals surface area (Å²) in [5.74, 6) is -0.0252. The van der Waals surface area contributed by atoms with Crippen LogP contribution < -0.4 is 5.32 Å². The summed E-state index contributed by atoms with van der Waals surface area (Å²) in [5.41, 5.74) is 0. The molecule has 5 nitrogen and oxygen atoms in total. The Balaban J connectivity index is 2.63. The van der Waals surface area contributed by atoms with Gasteiger partial charge in [0.25, 0.3) is 0 Å². The first-order valence-corrected chi connectivity index (χ1v) is 5.66.